The van der Waals surface area contributed by atoms with Crippen LogP contribution in [0.3, 0.4) is 0 Å². The van der Waals surface area contributed by atoms with Crippen LogP contribution in [0.5, 0.6) is 0 Å². The third-order valence-electron chi connectivity index (χ3n) is 5.79. The van der Waals surface area contributed by atoms with E-state index in [1.54, 1.807) is 12.5 Å². The van der Waals surface area contributed by atoms with Crippen molar-refractivity contribution in [2.75, 3.05) is 13.1 Å². The van der Waals surface area contributed by atoms with Crippen LogP contribution in [0, 0.1) is 0 Å². The number of nitrogens with zero attached hydrogens (tertiary/aromatic N) is 4. The third-order valence-corrected chi connectivity index (χ3v) is 6.91. The molecule has 6 nitrogen and oxygen atoms in total. The first-order valence-corrected chi connectivity index (χ1v) is 11.7. The van der Waals surface area contributed by atoms with Gasteiger partial charge in [0.05, 0.1) is 6.54 Å². The second kappa shape index (κ2) is 9.89. The van der Waals surface area contributed by atoms with E-state index < -0.39 is 0 Å². The smallest absolute Gasteiger partial charge is 0.191 e. The van der Waals surface area contributed by atoms with E-state index in [2.05, 4.69) is 51.1 Å². The molecule has 0 bridgehead atoms. The van der Waals surface area contributed by atoms with Gasteiger partial charge in [-0.1, -0.05) is 31.4 Å². The number of hydrogen-bond acceptors (Lipinski definition) is 4. The molecule has 7 heteroatoms. The van der Waals surface area contributed by atoms with Gasteiger partial charge in [-0.3, -0.25) is 4.57 Å². The molecule has 0 radical (unpaired) electrons. The molecule has 3 aromatic rings. The summed E-state index contributed by atoms with van der Waals surface area (Å²) < 4.78 is 1.90. The van der Waals surface area contributed by atoms with E-state index >= 15 is 0 Å². The van der Waals surface area contributed by atoms with E-state index in [0.29, 0.717) is 6.54 Å². The summed E-state index contributed by atoms with van der Waals surface area (Å²) in [6.45, 7) is 4.47. The van der Waals surface area contributed by atoms with Crippen LogP contribution in [-0.4, -0.2) is 33.6 Å². The molecule has 0 aromatic carbocycles. The Morgan fingerprint density at radius 3 is 2.77 bits per heavy atom. The zero-order chi connectivity index (χ0) is 20.7. The largest absolute Gasteiger partial charge is 0.357 e. The molecule has 0 aliphatic heterocycles. The fraction of sp³-hybridized carbons (Fsp3) is 0.435. The fourth-order valence-electron chi connectivity index (χ4n) is 4.14. The van der Waals surface area contributed by atoms with Gasteiger partial charge in [-0.05, 0) is 42.8 Å². The normalized spacial score (nSPS) is 16.4. The minimum atomic E-state index is 0.233. The molecule has 0 atom stereocenters. The van der Waals surface area contributed by atoms with Crippen molar-refractivity contribution in [3.63, 3.8) is 0 Å². The lowest BCUT2D eigenvalue weighted by Gasteiger charge is -2.37. The van der Waals surface area contributed by atoms with Crippen molar-refractivity contribution in [2.45, 2.75) is 51.0 Å². The summed E-state index contributed by atoms with van der Waals surface area (Å²) in [7, 11) is 0. The number of guanidine groups is 1. The fourth-order valence-corrected chi connectivity index (χ4v) is 5.13. The third kappa shape index (κ3) is 4.90. The van der Waals surface area contributed by atoms with Crippen LogP contribution >= 0.6 is 11.3 Å². The highest BCUT2D eigenvalue weighted by Gasteiger charge is 2.34. The van der Waals surface area contributed by atoms with Crippen molar-refractivity contribution in [2.24, 2.45) is 4.99 Å². The van der Waals surface area contributed by atoms with Crippen molar-refractivity contribution in [1.29, 1.82) is 0 Å². The second-order valence-corrected chi connectivity index (χ2v) is 8.81. The first-order valence-electron chi connectivity index (χ1n) is 10.8. The molecule has 158 valence electrons. The Hall–Kier alpha value is -2.67. The van der Waals surface area contributed by atoms with E-state index in [1.807, 2.05) is 34.4 Å². The van der Waals surface area contributed by atoms with Crippen molar-refractivity contribution in [3.8, 4) is 5.82 Å². The summed E-state index contributed by atoms with van der Waals surface area (Å²) >= 11 is 1.89. The van der Waals surface area contributed by atoms with Gasteiger partial charge in [0.25, 0.3) is 0 Å². The zero-order valence-corrected chi connectivity index (χ0v) is 18.4. The number of pyridine rings is 1. The summed E-state index contributed by atoms with van der Waals surface area (Å²) in [5, 5.41) is 9.23. The summed E-state index contributed by atoms with van der Waals surface area (Å²) in [5.41, 5.74) is 1.32. The zero-order valence-electron chi connectivity index (χ0n) is 17.6. The van der Waals surface area contributed by atoms with Crippen LogP contribution in [-0.2, 0) is 12.0 Å². The minimum absolute atomic E-state index is 0.233. The van der Waals surface area contributed by atoms with E-state index in [0.717, 1.165) is 30.4 Å². The van der Waals surface area contributed by atoms with Crippen molar-refractivity contribution in [1.82, 2.24) is 25.2 Å². The summed E-state index contributed by atoms with van der Waals surface area (Å²) in [5.74, 6) is 1.73. The summed E-state index contributed by atoms with van der Waals surface area (Å²) in [6.07, 6.45) is 13.7. The average Bonchev–Trinajstić information content (AvgIpc) is 3.52. The number of thiophene rings is 1. The van der Waals surface area contributed by atoms with Gasteiger partial charge in [-0.25, -0.2) is 15.0 Å². The first-order chi connectivity index (χ1) is 14.8. The minimum Gasteiger partial charge on any atom is -0.357 e. The van der Waals surface area contributed by atoms with Gasteiger partial charge in [0.1, 0.15) is 12.1 Å². The predicted molar refractivity (Wildman–Crippen MR) is 123 cm³/mol. The van der Waals surface area contributed by atoms with Gasteiger partial charge < -0.3 is 10.6 Å². The lowest BCUT2D eigenvalue weighted by Crippen LogP contribution is -2.46. The van der Waals surface area contributed by atoms with Crippen LogP contribution in [0.1, 0.15) is 49.5 Å². The maximum atomic E-state index is 4.81. The van der Waals surface area contributed by atoms with Gasteiger partial charge >= 0.3 is 0 Å². The lowest BCUT2D eigenvalue weighted by atomic mass is 9.73. The molecular formula is C23H30N6S. The molecule has 0 amide bonds. The topological polar surface area (TPSA) is 67.1 Å². The van der Waals surface area contributed by atoms with Crippen molar-refractivity contribution in [3.05, 3.63) is 65.0 Å². The van der Waals surface area contributed by atoms with Crippen molar-refractivity contribution >= 4 is 17.3 Å². The Morgan fingerprint density at radius 2 is 2.10 bits per heavy atom. The predicted octanol–water partition coefficient (Wildman–Crippen LogP) is 4.29. The Morgan fingerprint density at radius 1 is 1.20 bits per heavy atom. The maximum Gasteiger partial charge on any atom is 0.191 e. The first kappa shape index (κ1) is 20.6. The van der Waals surface area contributed by atoms with E-state index in [9.17, 15) is 0 Å². The number of imidazole rings is 1. The molecule has 0 saturated heterocycles. The van der Waals surface area contributed by atoms with Gasteiger partial charge in [0.2, 0.25) is 0 Å². The Balaban J connectivity index is 1.42. The summed E-state index contributed by atoms with van der Waals surface area (Å²) in [4.78, 5) is 14.9. The van der Waals surface area contributed by atoms with Crippen LogP contribution in [0.15, 0.2) is 59.6 Å². The van der Waals surface area contributed by atoms with E-state index in [-0.39, 0.29) is 5.41 Å². The molecule has 1 aliphatic rings. The molecule has 1 fully saturated rings. The molecule has 0 spiro atoms. The Kier molecular flexibility index (Phi) is 6.79. The molecule has 3 heterocycles. The number of rotatable bonds is 7. The monoisotopic (exact) mass is 422 g/mol. The highest BCUT2D eigenvalue weighted by atomic mass is 32.1. The molecule has 30 heavy (non-hydrogen) atoms. The molecule has 3 aromatic heterocycles. The van der Waals surface area contributed by atoms with E-state index in [4.69, 9.17) is 4.99 Å². The Bertz CT molecular complexity index is 909. The lowest BCUT2D eigenvalue weighted by molar-refractivity contribution is 0.296. The van der Waals surface area contributed by atoms with Crippen LogP contribution in [0.25, 0.3) is 5.82 Å². The molecule has 2 N–H and O–H groups in total. The van der Waals surface area contributed by atoms with Gasteiger partial charge in [0.15, 0.2) is 5.96 Å². The van der Waals surface area contributed by atoms with Gasteiger partial charge in [-0.15, -0.1) is 11.3 Å². The summed E-state index contributed by atoms with van der Waals surface area (Å²) in [6, 6.07) is 8.55. The standard InChI is InChI=1S/C23H30N6S/c1-2-25-22(27-16-19-8-9-21(26-15-19)29-13-12-24-18-29)28-17-23(10-4-3-5-11-23)20-7-6-14-30-20/h6-9,12-15,18H,2-5,10-11,16-17H2,1H3,(H2,25,27,28). The molecule has 1 aliphatic carbocycles. The number of aromatic nitrogens is 3. The molecule has 0 unspecified atom stereocenters. The quantitative estimate of drug-likeness (QED) is 0.440. The molecule has 1 saturated carbocycles. The van der Waals surface area contributed by atoms with E-state index in [1.165, 1.54) is 37.0 Å². The molecular weight excluding hydrogens is 392 g/mol. The average molecular weight is 423 g/mol. The number of aliphatic imine (C=N–C) groups is 1. The SMILES string of the molecule is CCNC(=NCc1ccc(-n2ccnc2)nc1)NCC1(c2cccs2)CCCCC1. The highest BCUT2D eigenvalue weighted by Crippen LogP contribution is 2.41. The van der Waals surface area contributed by atoms with Crippen LogP contribution in [0.2, 0.25) is 0 Å². The highest BCUT2D eigenvalue weighted by molar-refractivity contribution is 7.10. The van der Waals surface area contributed by atoms with Crippen LogP contribution in [0.4, 0.5) is 0 Å². The Labute approximate surface area is 182 Å². The van der Waals surface area contributed by atoms with Gasteiger partial charge in [0, 0.05) is 42.0 Å². The maximum absolute atomic E-state index is 4.81. The van der Waals surface area contributed by atoms with Crippen LogP contribution < -0.4 is 10.6 Å². The van der Waals surface area contributed by atoms with Crippen molar-refractivity contribution < 1.29 is 0 Å². The second-order valence-electron chi connectivity index (χ2n) is 7.86. The number of hydrogen-bond donors (Lipinski definition) is 2. The van der Waals surface area contributed by atoms with Gasteiger partial charge in [-0.2, -0.15) is 0 Å². The number of nitrogens with one attached hydrogen (secondary N) is 2. The molecule has 4 rings (SSSR count).